The highest BCUT2D eigenvalue weighted by atomic mass is 32.1. The van der Waals surface area contributed by atoms with Crippen LogP contribution in [0.15, 0.2) is 0 Å². The van der Waals surface area contributed by atoms with Crippen LogP contribution in [-0.2, 0) is 4.79 Å². The smallest absolute Gasteiger partial charge is 0.228 e. The number of anilines is 2. The maximum absolute atomic E-state index is 12.8. The molecule has 26 heavy (non-hydrogen) atoms. The van der Waals surface area contributed by atoms with Crippen LogP contribution in [0.1, 0.15) is 64.7 Å². The molecule has 3 rings (SSSR count). The summed E-state index contributed by atoms with van der Waals surface area (Å²) in [4.78, 5) is 16.8. The normalized spacial score (nSPS) is 22.5. The first-order valence-electron chi connectivity index (χ1n) is 10.3. The van der Waals surface area contributed by atoms with Gasteiger partial charge in [-0.1, -0.05) is 43.9 Å². The molecule has 1 unspecified atom stereocenters. The van der Waals surface area contributed by atoms with Gasteiger partial charge < -0.3 is 10.6 Å². The largest absolute Gasteiger partial charge is 0.345 e. The van der Waals surface area contributed by atoms with E-state index >= 15 is 0 Å². The maximum atomic E-state index is 12.8. The van der Waals surface area contributed by atoms with Crippen LogP contribution in [-0.4, -0.2) is 42.3 Å². The van der Waals surface area contributed by atoms with Crippen molar-refractivity contribution >= 4 is 27.5 Å². The van der Waals surface area contributed by atoms with Gasteiger partial charge in [0.1, 0.15) is 0 Å². The topological polar surface area (TPSA) is 75.3 Å². The number of rotatable bonds is 7. The first-order valence-corrected chi connectivity index (χ1v) is 11.1. The van der Waals surface area contributed by atoms with E-state index in [0.29, 0.717) is 13.0 Å². The van der Waals surface area contributed by atoms with E-state index in [1.165, 1.54) is 43.4 Å². The van der Waals surface area contributed by atoms with Gasteiger partial charge in [-0.15, -0.1) is 10.2 Å². The Morgan fingerprint density at radius 3 is 2.58 bits per heavy atom. The summed E-state index contributed by atoms with van der Waals surface area (Å²) in [5, 5.41) is 10.3. The minimum Gasteiger partial charge on any atom is -0.345 e. The first kappa shape index (κ1) is 19.5. The molecule has 1 aromatic rings. The van der Waals surface area contributed by atoms with Crippen LogP contribution in [0.4, 0.5) is 10.3 Å². The molecule has 1 aliphatic carbocycles. The number of carbonyl (C=O) groups is 1. The van der Waals surface area contributed by atoms with Gasteiger partial charge in [-0.3, -0.25) is 9.69 Å². The zero-order valence-electron chi connectivity index (χ0n) is 16.0. The highest BCUT2D eigenvalue weighted by molar-refractivity contribution is 7.19. The highest BCUT2D eigenvalue weighted by Crippen LogP contribution is 2.38. The summed E-state index contributed by atoms with van der Waals surface area (Å²) in [5.74, 6) is 1.83. The molecular weight excluding hydrogens is 346 g/mol. The summed E-state index contributed by atoms with van der Waals surface area (Å²) >= 11 is 1.53. The Morgan fingerprint density at radius 1 is 1.12 bits per heavy atom. The van der Waals surface area contributed by atoms with E-state index in [1.54, 1.807) is 0 Å². The van der Waals surface area contributed by atoms with Gasteiger partial charge in [-0.2, -0.15) is 0 Å². The second kappa shape index (κ2) is 9.65. The fourth-order valence-electron chi connectivity index (χ4n) is 4.50. The molecule has 146 valence electrons. The van der Waals surface area contributed by atoms with Gasteiger partial charge in [-0.05, 0) is 37.5 Å². The molecule has 0 bridgehead atoms. The third kappa shape index (κ3) is 4.74. The zero-order valence-corrected chi connectivity index (χ0v) is 16.8. The Hall–Kier alpha value is -1.21. The number of nitrogens with two attached hydrogens (primary N) is 1. The maximum Gasteiger partial charge on any atom is 0.228 e. The number of amides is 1. The lowest BCUT2D eigenvalue weighted by atomic mass is 9.83. The Morgan fingerprint density at radius 2 is 1.85 bits per heavy atom. The molecular formula is C19H33N5OS. The molecule has 1 atom stereocenters. The SMILES string of the molecule is CCCN(CCN)c1nnc(N2CCCC(C3CCCC3)CCC2=O)s1. The summed E-state index contributed by atoms with van der Waals surface area (Å²) in [5.41, 5.74) is 5.72. The molecule has 1 aliphatic heterocycles. The minimum atomic E-state index is 0.219. The molecule has 2 heterocycles. The van der Waals surface area contributed by atoms with Crippen molar-refractivity contribution in [3.05, 3.63) is 0 Å². The molecule has 1 amide bonds. The van der Waals surface area contributed by atoms with Crippen molar-refractivity contribution in [2.24, 2.45) is 17.6 Å². The average molecular weight is 380 g/mol. The highest BCUT2D eigenvalue weighted by Gasteiger charge is 2.29. The number of carbonyl (C=O) groups excluding carboxylic acids is 1. The Balaban J connectivity index is 1.63. The van der Waals surface area contributed by atoms with Gasteiger partial charge in [0.15, 0.2) is 0 Å². The molecule has 1 aromatic heterocycles. The van der Waals surface area contributed by atoms with Crippen molar-refractivity contribution < 1.29 is 4.79 Å². The Kier molecular flexibility index (Phi) is 7.25. The van der Waals surface area contributed by atoms with Crippen molar-refractivity contribution in [3.63, 3.8) is 0 Å². The third-order valence-electron chi connectivity index (χ3n) is 5.85. The van der Waals surface area contributed by atoms with Crippen LogP contribution >= 0.6 is 11.3 Å². The second-order valence-corrected chi connectivity index (χ2v) is 8.61. The predicted octanol–water partition coefficient (Wildman–Crippen LogP) is 3.43. The fourth-order valence-corrected chi connectivity index (χ4v) is 5.44. The van der Waals surface area contributed by atoms with E-state index in [9.17, 15) is 4.79 Å². The van der Waals surface area contributed by atoms with Crippen molar-refractivity contribution in [1.29, 1.82) is 0 Å². The molecule has 0 spiro atoms. The lowest BCUT2D eigenvalue weighted by Gasteiger charge is -2.29. The quantitative estimate of drug-likeness (QED) is 0.785. The lowest BCUT2D eigenvalue weighted by Crippen LogP contribution is -2.34. The van der Waals surface area contributed by atoms with E-state index in [-0.39, 0.29) is 5.91 Å². The first-order chi connectivity index (χ1) is 12.7. The third-order valence-corrected chi connectivity index (χ3v) is 6.86. The van der Waals surface area contributed by atoms with Crippen LogP contribution in [0.2, 0.25) is 0 Å². The average Bonchev–Trinajstić information content (AvgIpc) is 3.30. The van der Waals surface area contributed by atoms with Crippen LogP contribution in [0.3, 0.4) is 0 Å². The molecule has 0 radical (unpaired) electrons. The standard InChI is InChI=1S/C19H33N5OS/c1-2-12-23(14-11-20)18-21-22-19(26-18)24-13-5-8-16(9-10-17(24)25)15-6-3-4-7-15/h15-16H,2-14,20H2,1H3. The van der Waals surface area contributed by atoms with Crippen molar-refractivity contribution in [3.8, 4) is 0 Å². The van der Waals surface area contributed by atoms with Gasteiger partial charge in [0, 0.05) is 32.6 Å². The summed E-state index contributed by atoms with van der Waals surface area (Å²) in [7, 11) is 0. The van der Waals surface area contributed by atoms with Crippen molar-refractivity contribution in [2.75, 3.05) is 36.0 Å². The monoisotopic (exact) mass is 379 g/mol. The molecule has 2 fully saturated rings. The molecule has 6 nitrogen and oxygen atoms in total. The molecule has 2 aliphatic rings. The van der Waals surface area contributed by atoms with Crippen molar-refractivity contribution in [2.45, 2.75) is 64.7 Å². The fraction of sp³-hybridized carbons (Fsp3) is 0.842. The van der Waals surface area contributed by atoms with Gasteiger partial charge in [0.25, 0.3) is 0 Å². The van der Waals surface area contributed by atoms with Crippen LogP contribution in [0.25, 0.3) is 0 Å². The van der Waals surface area contributed by atoms with Crippen molar-refractivity contribution in [1.82, 2.24) is 10.2 Å². The van der Waals surface area contributed by atoms with Crippen LogP contribution in [0.5, 0.6) is 0 Å². The molecule has 1 saturated heterocycles. The number of hydrogen-bond donors (Lipinski definition) is 1. The summed E-state index contributed by atoms with van der Waals surface area (Å²) < 4.78 is 0. The van der Waals surface area contributed by atoms with Crippen LogP contribution < -0.4 is 15.5 Å². The molecule has 1 saturated carbocycles. The Bertz CT molecular complexity index is 566. The summed E-state index contributed by atoms with van der Waals surface area (Å²) in [6, 6.07) is 0. The zero-order chi connectivity index (χ0) is 18.4. The molecule has 2 N–H and O–H groups in total. The molecule has 0 aromatic carbocycles. The van der Waals surface area contributed by atoms with Gasteiger partial charge in [-0.25, -0.2) is 0 Å². The van der Waals surface area contributed by atoms with Crippen LogP contribution in [0, 0.1) is 11.8 Å². The number of nitrogens with zero attached hydrogens (tertiary/aromatic N) is 4. The van der Waals surface area contributed by atoms with Gasteiger partial charge in [0.05, 0.1) is 0 Å². The van der Waals surface area contributed by atoms with Gasteiger partial charge in [0.2, 0.25) is 16.2 Å². The predicted molar refractivity (Wildman–Crippen MR) is 108 cm³/mol. The second-order valence-electron chi connectivity index (χ2n) is 7.67. The number of hydrogen-bond acceptors (Lipinski definition) is 6. The van der Waals surface area contributed by atoms with E-state index < -0.39 is 0 Å². The van der Waals surface area contributed by atoms with E-state index in [2.05, 4.69) is 22.0 Å². The van der Waals surface area contributed by atoms with E-state index in [1.807, 2.05) is 4.90 Å². The van der Waals surface area contributed by atoms with Gasteiger partial charge >= 0.3 is 0 Å². The van der Waals surface area contributed by atoms with E-state index in [4.69, 9.17) is 5.73 Å². The number of aromatic nitrogens is 2. The molecule has 7 heteroatoms. The minimum absolute atomic E-state index is 0.219. The Labute approximate surface area is 161 Å². The lowest BCUT2D eigenvalue weighted by molar-refractivity contribution is -0.119. The summed E-state index contributed by atoms with van der Waals surface area (Å²) in [6.07, 6.45) is 10.6. The van der Waals surface area contributed by atoms with E-state index in [0.717, 1.165) is 61.0 Å². The summed E-state index contributed by atoms with van der Waals surface area (Å²) in [6.45, 7) is 5.22.